The number of nitro groups is 1. The number of carbonyl (C=O) groups is 1. The van der Waals surface area contributed by atoms with Gasteiger partial charge in [0.1, 0.15) is 0 Å². The van der Waals surface area contributed by atoms with Gasteiger partial charge in [-0.1, -0.05) is 5.11 Å². The molecular weight excluding hydrogens is 216 g/mol. The van der Waals surface area contributed by atoms with Crippen molar-refractivity contribution in [2.45, 2.75) is 6.92 Å². The molecule has 0 radical (unpaired) electrons. The van der Waals surface area contributed by atoms with Crippen molar-refractivity contribution < 1.29 is 14.8 Å². The normalized spacial score (nSPS) is 9.31. The number of hydrogen-bond acceptors (Lipinski definition) is 4. The van der Waals surface area contributed by atoms with Crippen LogP contribution in [0.1, 0.15) is 15.9 Å². The number of aromatic carboxylic acids is 1. The van der Waals surface area contributed by atoms with Gasteiger partial charge in [0.05, 0.1) is 16.2 Å². The molecule has 82 valence electrons. The molecule has 1 rings (SSSR count). The number of hydrogen-bond donors (Lipinski definition) is 1. The highest BCUT2D eigenvalue weighted by molar-refractivity contribution is 5.95. The molecule has 0 saturated heterocycles. The number of nitro benzene ring substituents is 1. The van der Waals surface area contributed by atoms with Gasteiger partial charge in [-0.3, -0.25) is 10.1 Å². The molecule has 0 aromatic heterocycles. The van der Waals surface area contributed by atoms with Crippen LogP contribution in [0, 0.1) is 17.0 Å². The quantitative estimate of drug-likeness (QED) is 0.277. The molecule has 0 fully saturated rings. The van der Waals surface area contributed by atoms with E-state index in [9.17, 15) is 14.9 Å². The van der Waals surface area contributed by atoms with Crippen molar-refractivity contribution in [2.24, 2.45) is 5.11 Å². The van der Waals surface area contributed by atoms with Crippen LogP contribution in [0.25, 0.3) is 10.4 Å². The maximum atomic E-state index is 10.8. The van der Waals surface area contributed by atoms with E-state index in [2.05, 4.69) is 10.0 Å². The summed E-state index contributed by atoms with van der Waals surface area (Å²) in [6.45, 7) is 1.33. The number of rotatable bonds is 3. The lowest BCUT2D eigenvalue weighted by atomic mass is 10.1. The molecule has 0 unspecified atom stereocenters. The molecule has 0 spiro atoms. The monoisotopic (exact) mass is 222 g/mol. The van der Waals surface area contributed by atoms with Crippen molar-refractivity contribution in [1.29, 1.82) is 0 Å². The van der Waals surface area contributed by atoms with Gasteiger partial charge in [-0.25, -0.2) is 4.79 Å². The van der Waals surface area contributed by atoms with Crippen LogP contribution >= 0.6 is 0 Å². The summed E-state index contributed by atoms with van der Waals surface area (Å²) in [5, 5.41) is 22.5. The number of benzene rings is 1. The third-order valence-electron chi connectivity index (χ3n) is 1.97. The van der Waals surface area contributed by atoms with E-state index in [-0.39, 0.29) is 22.5 Å². The third-order valence-corrected chi connectivity index (χ3v) is 1.97. The molecular formula is C8H6N4O4. The zero-order chi connectivity index (χ0) is 12.3. The first-order valence-corrected chi connectivity index (χ1v) is 4.05. The largest absolute Gasteiger partial charge is 0.478 e. The highest BCUT2D eigenvalue weighted by atomic mass is 16.6. The zero-order valence-corrected chi connectivity index (χ0v) is 8.12. The Hall–Kier alpha value is -2.60. The average Bonchev–Trinajstić information content (AvgIpc) is 2.20. The van der Waals surface area contributed by atoms with Gasteiger partial charge in [0, 0.05) is 16.5 Å². The first-order chi connectivity index (χ1) is 7.49. The van der Waals surface area contributed by atoms with Crippen molar-refractivity contribution in [3.8, 4) is 0 Å². The minimum absolute atomic E-state index is 0.0303. The fourth-order valence-electron chi connectivity index (χ4n) is 1.23. The van der Waals surface area contributed by atoms with Crippen LogP contribution in [0.4, 0.5) is 11.4 Å². The van der Waals surface area contributed by atoms with E-state index in [1.54, 1.807) is 0 Å². The first-order valence-electron chi connectivity index (χ1n) is 4.05. The third kappa shape index (κ3) is 1.91. The summed E-state index contributed by atoms with van der Waals surface area (Å²) in [6.07, 6.45) is 0. The zero-order valence-electron chi connectivity index (χ0n) is 8.12. The Kier molecular flexibility index (Phi) is 3.07. The van der Waals surface area contributed by atoms with Gasteiger partial charge in [0.25, 0.3) is 5.69 Å². The van der Waals surface area contributed by atoms with Crippen molar-refractivity contribution >= 4 is 17.3 Å². The van der Waals surface area contributed by atoms with E-state index < -0.39 is 10.9 Å². The number of nitrogens with zero attached hydrogens (tertiary/aromatic N) is 4. The summed E-state index contributed by atoms with van der Waals surface area (Å²) >= 11 is 0. The lowest BCUT2D eigenvalue weighted by Crippen LogP contribution is -2.00. The predicted octanol–water partition coefficient (Wildman–Crippen LogP) is 2.54. The molecule has 1 aromatic rings. The molecule has 0 aliphatic heterocycles. The molecule has 8 nitrogen and oxygen atoms in total. The van der Waals surface area contributed by atoms with E-state index >= 15 is 0 Å². The highest BCUT2D eigenvalue weighted by Gasteiger charge is 2.19. The van der Waals surface area contributed by atoms with E-state index in [0.29, 0.717) is 0 Å². The van der Waals surface area contributed by atoms with Crippen molar-refractivity contribution in [1.82, 2.24) is 0 Å². The molecule has 16 heavy (non-hydrogen) atoms. The minimum Gasteiger partial charge on any atom is -0.478 e. The maximum absolute atomic E-state index is 10.8. The van der Waals surface area contributed by atoms with Crippen LogP contribution in [-0.4, -0.2) is 16.0 Å². The Labute approximate surface area is 88.9 Å². The molecule has 0 amide bonds. The lowest BCUT2D eigenvalue weighted by Gasteiger charge is -2.04. The lowest BCUT2D eigenvalue weighted by molar-refractivity contribution is -0.385. The van der Waals surface area contributed by atoms with Crippen molar-refractivity contribution in [3.05, 3.63) is 43.8 Å². The highest BCUT2D eigenvalue weighted by Crippen LogP contribution is 2.31. The second-order valence-corrected chi connectivity index (χ2v) is 2.86. The Morgan fingerprint density at radius 1 is 1.62 bits per heavy atom. The van der Waals surface area contributed by atoms with Gasteiger partial charge in [0.15, 0.2) is 0 Å². The Morgan fingerprint density at radius 2 is 2.25 bits per heavy atom. The second kappa shape index (κ2) is 4.28. The fraction of sp³-hybridized carbons (Fsp3) is 0.125. The Morgan fingerprint density at radius 3 is 2.69 bits per heavy atom. The molecule has 1 N–H and O–H groups in total. The van der Waals surface area contributed by atoms with Gasteiger partial charge in [-0.05, 0) is 18.5 Å². The van der Waals surface area contributed by atoms with Crippen LogP contribution in [0.15, 0.2) is 17.2 Å². The van der Waals surface area contributed by atoms with Gasteiger partial charge < -0.3 is 5.11 Å². The molecule has 0 atom stereocenters. The Bertz CT molecular complexity index is 519. The molecule has 0 aliphatic rings. The van der Waals surface area contributed by atoms with E-state index in [0.717, 1.165) is 12.1 Å². The van der Waals surface area contributed by atoms with Crippen LogP contribution in [0.3, 0.4) is 0 Å². The first kappa shape index (κ1) is 11.5. The predicted molar refractivity (Wildman–Crippen MR) is 53.6 cm³/mol. The standard InChI is InChI=1S/C8H6N4O4/c1-4-6(12(15)16)3-2-5(8(13)14)7(4)10-11-9/h2-3H,1H3,(H,13,14). The minimum atomic E-state index is -1.31. The van der Waals surface area contributed by atoms with Gasteiger partial charge in [-0.2, -0.15) is 0 Å². The van der Waals surface area contributed by atoms with E-state index in [1.165, 1.54) is 6.92 Å². The summed E-state index contributed by atoms with van der Waals surface area (Å²) in [6, 6.07) is 2.10. The second-order valence-electron chi connectivity index (χ2n) is 2.86. The fourth-order valence-corrected chi connectivity index (χ4v) is 1.23. The number of carboxylic acid groups (broad SMARTS) is 1. The summed E-state index contributed by atoms with van der Waals surface area (Å²) in [7, 11) is 0. The van der Waals surface area contributed by atoms with Gasteiger partial charge in [0.2, 0.25) is 0 Å². The summed E-state index contributed by atoms with van der Waals surface area (Å²) < 4.78 is 0. The summed E-state index contributed by atoms with van der Waals surface area (Å²) in [5.41, 5.74) is 7.53. The summed E-state index contributed by atoms with van der Waals surface area (Å²) in [4.78, 5) is 23.1. The van der Waals surface area contributed by atoms with Crippen molar-refractivity contribution in [2.75, 3.05) is 0 Å². The van der Waals surface area contributed by atoms with Crippen LogP contribution in [-0.2, 0) is 0 Å². The van der Waals surface area contributed by atoms with E-state index in [1.807, 2.05) is 0 Å². The number of azide groups is 1. The van der Waals surface area contributed by atoms with Gasteiger partial charge >= 0.3 is 5.97 Å². The average molecular weight is 222 g/mol. The van der Waals surface area contributed by atoms with Crippen LogP contribution < -0.4 is 0 Å². The molecule has 0 heterocycles. The molecule has 8 heteroatoms. The SMILES string of the molecule is Cc1c([N+](=O)[O-])ccc(C(=O)O)c1N=[N+]=[N-]. The maximum Gasteiger partial charge on any atom is 0.336 e. The molecule has 0 bridgehead atoms. The smallest absolute Gasteiger partial charge is 0.336 e. The molecule has 0 aliphatic carbocycles. The Balaban J connectivity index is 3.60. The van der Waals surface area contributed by atoms with Crippen LogP contribution in [0.5, 0.6) is 0 Å². The molecule has 1 aromatic carbocycles. The van der Waals surface area contributed by atoms with E-state index in [4.69, 9.17) is 10.6 Å². The summed E-state index contributed by atoms with van der Waals surface area (Å²) in [5.74, 6) is -1.31. The van der Waals surface area contributed by atoms with Gasteiger partial charge in [-0.15, -0.1) is 0 Å². The molecule has 0 saturated carbocycles. The number of carboxylic acids is 1. The van der Waals surface area contributed by atoms with Crippen LogP contribution in [0.2, 0.25) is 0 Å². The van der Waals surface area contributed by atoms with Crippen molar-refractivity contribution in [3.63, 3.8) is 0 Å². The topological polar surface area (TPSA) is 129 Å².